The van der Waals surface area contributed by atoms with E-state index in [-0.39, 0.29) is 18.8 Å². The number of anilines is 1. The molecule has 42 heavy (non-hydrogen) atoms. The summed E-state index contributed by atoms with van der Waals surface area (Å²) in [5.74, 6) is -2.89. The quantitative estimate of drug-likeness (QED) is 0.216. The summed E-state index contributed by atoms with van der Waals surface area (Å²) in [6.07, 6.45) is 9.66. The Labute approximate surface area is 246 Å². The molecule has 7 heteroatoms. The summed E-state index contributed by atoms with van der Waals surface area (Å²) in [5, 5.41) is 6.55. The van der Waals surface area contributed by atoms with Gasteiger partial charge in [-0.1, -0.05) is 55.7 Å². The van der Waals surface area contributed by atoms with E-state index < -0.39 is 5.92 Å². The SMILES string of the molecule is C=C(/C=C\C(=C/C)NC(=C)C(=C)c1cc(-c2cncc(CN3CCC(F)(F)C3)c2)ccc1NC)Cc1cccc(F)c1. The normalized spacial score (nSPS) is 15.1. The number of halogens is 3. The molecule has 0 spiro atoms. The molecule has 4 nitrogen and oxygen atoms in total. The molecular weight excluding hydrogens is 533 g/mol. The Hall–Kier alpha value is -4.36. The fraction of sp³-hybridized carbons (Fsp3) is 0.229. The van der Waals surface area contributed by atoms with Crippen molar-refractivity contribution in [1.82, 2.24) is 15.2 Å². The molecule has 3 aromatic rings. The van der Waals surface area contributed by atoms with Crippen LogP contribution in [0.2, 0.25) is 0 Å². The van der Waals surface area contributed by atoms with Crippen LogP contribution < -0.4 is 10.6 Å². The number of pyridine rings is 1. The van der Waals surface area contributed by atoms with Crippen molar-refractivity contribution in [3.63, 3.8) is 0 Å². The van der Waals surface area contributed by atoms with Gasteiger partial charge in [-0.25, -0.2) is 13.2 Å². The van der Waals surface area contributed by atoms with Crippen LogP contribution in [0.25, 0.3) is 16.7 Å². The average Bonchev–Trinajstić information content (AvgIpc) is 3.32. The first-order chi connectivity index (χ1) is 20.1. The first-order valence-electron chi connectivity index (χ1n) is 13.9. The lowest BCUT2D eigenvalue weighted by molar-refractivity contribution is 0.0115. The van der Waals surface area contributed by atoms with Gasteiger partial charge in [0.25, 0.3) is 5.92 Å². The molecule has 0 amide bonds. The summed E-state index contributed by atoms with van der Waals surface area (Å²) in [6, 6.07) is 14.5. The van der Waals surface area contributed by atoms with Gasteiger partial charge in [0.15, 0.2) is 0 Å². The summed E-state index contributed by atoms with van der Waals surface area (Å²) in [6.45, 7) is 15.1. The lowest BCUT2D eigenvalue weighted by Gasteiger charge is -2.18. The Balaban J connectivity index is 1.46. The van der Waals surface area contributed by atoms with Crippen molar-refractivity contribution in [2.24, 2.45) is 0 Å². The van der Waals surface area contributed by atoms with Crippen LogP contribution in [0.5, 0.6) is 0 Å². The Morgan fingerprint density at radius 3 is 2.52 bits per heavy atom. The van der Waals surface area contributed by atoms with Crippen molar-refractivity contribution in [2.75, 3.05) is 25.5 Å². The van der Waals surface area contributed by atoms with Crippen molar-refractivity contribution >= 4 is 11.3 Å². The largest absolute Gasteiger partial charge is 0.388 e. The van der Waals surface area contributed by atoms with Gasteiger partial charge in [0.2, 0.25) is 0 Å². The highest BCUT2D eigenvalue weighted by atomic mass is 19.3. The van der Waals surface area contributed by atoms with E-state index in [4.69, 9.17) is 0 Å². The lowest BCUT2D eigenvalue weighted by Crippen LogP contribution is -2.24. The van der Waals surface area contributed by atoms with Crippen molar-refractivity contribution in [2.45, 2.75) is 32.2 Å². The predicted molar refractivity (Wildman–Crippen MR) is 168 cm³/mol. The van der Waals surface area contributed by atoms with E-state index in [1.54, 1.807) is 23.4 Å². The summed E-state index contributed by atoms with van der Waals surface area (Å²) in [7, 11) is 1.85. The smallest absolute Gasteiger partial charge is 0.261 e. The van der Waals surface area contributed by atoms with E-state index in [9.17, 15) is 13.2 Å². The van der Waals surface area contributed by atoms with Crippen LogP contribution in [0.3, 0.4) is 0 Å². The molecule has 1 aromatic heterocycles. The third kappa shape index (κ3) is 8.10. The van der Waals surface area contributed by atoms with Crippen LogP contribution in [-0.2, 0) is 13.0 Å². The van der Waals surface area contributed by atoms with Crippen LogP contribution in [0.15, 0.2) is 116 Å². The number of likely N-dealkylation sites (tertiary alicyclic amines) is 1. The van der Waals surface area contributed by atoms with Gasteiger partial charge < -0.3 is 10.6 Å². The number of hydrogen-bond acceptors (Lipinski definition) is 4. The van der Waals surface area contributed by atoms with Gasteiger partial charge >= 0.3 is 0 Å². The van der Waals surface area contributed by atoms with Gasteiger partial charge in [-0.2, -0.15) is 0 Å². The Morgan fingerprint density at radius 2 is 1.83 bits per heavy atom. The second kappa shape index (κ2) is 13.5. The number of allylic oxidation sites excluding steroid dienone is 5. The predicted octanol–water partition coefficient (Wildman–Crippen LogP) is 8.15. The minimum atomic E-state index is -2.63. The molecule has 1 aliphatic heterocycles. The highest BCUT2D eigenvalue weighted by molar-refractivity contribution is 5.86. The molecule has 2 N–H and O–H groups in total. The number of aromatic nitrogens is 1. The average molecular weight is 571 g/mol. The highest BCUT2D eigenvalue weighted by Crippen LogP contribution is 2.33. The molecule has 0 unspecified atom stereocenters. The van der Waals surface area contributed by atoms with Crippen molar-refractivity contribution < 1.29 is 13.2 Å². The van der Waals surface area contributed by atoms with Crippen molar-refractivity contribution in [3.8, 4) is 11.1 Å². The number of nitrogens with one attached hydrogen (secondary N) is 2. The van der Waals surface area contributed by atoms with Crippen LogP contribution in [0.1, 0.15) is 30.0 Å². The molecule has 0 atom stereocenters. The van der Waals surface area contributed by atoms with Gasteiger partial charge in [-0.3, -0.25) is 9.88 Å². The van der Waals surface area contributed by atoms with Gasteiger partial charge in [-0.05, 0) is 72.0 Å². The van der Waals surface area contributed by atoms with E-state index in [0.29, 0.717) is 30.8 Å². The highest BCUT2D eigenvalue weighted by Gasteiger charge is 2.37. The molecule has 0 aliphatic carbocycles. The van der Waals surface area contributed by atoms with E-state index >= 15 is 0 Å². The maximum Gasteiger partial charge on any atom is 0.261 e. The molecular formula is C35H37F3N4. The summed E-state index contributed by atoms with van der Waals surface area (Å²) >= 11 is 0. The van der Waals surface area contributed by atoms with Crippen LogP contribution >= 0.6 is 0 Å². The van der Waals surface area contributed by atoms with E-state index in [0.717, 1.165) is 44.8 Å². The molecule has 1 saturated heterocycles. The number of alkyl halides is 2. The molecule has 0 saturated carbocycles. The van der Waals surface area contributed by atoms with Crippen LogP contribution in [0, 0.1) is 5.82 Å². The summed E-state index contributed by atoms with van der Waals surface area (Å²) < 4.78 is 40.8. The summed E-state index contributed by atoms with van der Waals surface area (Å²) in [5.41, 5.74) is 8.30. The molecule has 0 radical (unpaired) electrons. The fourth-order valence-corrected chi connectivity index (χ4v) is 4.92. The standard InChI is InChI=1S/C35H37F3N4/c1-6-32(12-10-24(2)16-27-8-7-9-31(36)18-27)41-26(4)25(3)33-19-29(11-13-34(33)39-5)30-17-28(20-40-21-30)22-42-15-14-35(37,38)23-42/h6-13,17-21,39,41H,2-4,14-16,22-23H2,1,5H3/b12-10-,32-6+. The molecule has 218 valence electrons. The molecule has 2 aromatic carbocycles. The van der Waals surface area contributed by atoms with E-state index in [1.807, 2.05) is 62.5 Å². The Kier molecular flexibility index (Phi) is 9.86. The minimum Gasteiger partial charge on any atom is -0.388 e. The number of hydrogen-bond donors (Lipinski definition) is 2. The Bertz CT molecular complexity index is 1540. The third-order valence-electron chi connectivity index (χ3n) is 7.19. The van der Waals surface area contributed by atoms with Crippen LogP contribution in [0.4, 0.5) is 18.9 Å². The lowest BCUT2D eigenvalue weighted by atomic mass is 9.96. The fourth-order valence-electron chi connectivity index (χ4n) is 4.92. The zero-order valence-electron chi connectivity index (χ0n) is 24.2. The second-order valence-corrected chi connectivity index (χ2v) is 10.5. The first-order valence-corrected chi connectivity index (χ1v) is 13.9. The maximum atomic E-state index is 13.7. The molecule has 0 bridgehead atoms. The van der Waals surface area contributed by atoms with Gasteiger partial charge in [0.1, 0.15) is 5.82 Å². The first kappa shape index (κ1) is 30.6. The van der Waals surface area contributed by atoms with Gasteiger partial charge in [0, 0.05) is 67.2 Å². The van der Waals surface area contributed by atoms with E-state index in [2.05, 4.69) is 35.4 Å². The number of rotatable bonds is 12. The van der Waals surface area contributed by atoms with Crippen LogP contribution in [-0.4, -0.2) is 35.9 Å². The zero-order valence-corrected chi connectivity index (χ0v) is 24.2. The molecule has 2 heterocycles. The maximum absolute atomic E-state index is 13.7. The topological polar surface area (TPSA) is 40.2 Å². The number of benzene rings is 2. The second-order valence-electron chi connectivity index (χ2n) is 10.5. The molecule has 1 aliphatic rings. The Morgan fingerprint density at radius 1 is 1.02 bits per heavy atom. The number of nitrogens with zero attached hydrogens (tertiary/aromatic N) is 2. The monoisotopic (exact) mass is 570 g/mol. The summed E-state index contributed by atoms with van der Waals surface area (Å²) in [4.78, 5) is 6.15. The van der Waals surface area contributed by atoms with Crippen molar-refractivity contribution in [1.29, 1.82) is 0 Å². The zero-order chi connectivity index (χ0) is 30.3. The third-order valence-corrected chi connectivity index (χ3v) is 7.19. The van der Waals surface area contributed by atoms with Gasteiger partial charge in [0.05, 0.1) is 6.54 Å². The molecule has 4 rings (SSSR count). The minimum absolute atomic E-state index is 0.108. The molecule has 1 fully saturated rings. The van der Waals surface area contributed by atoms with Crippen molar-refractivity contribution in [3.05, 3.63) is 138 Å². The van der Waals surface area contributed by atoms with Gasteiger partial charge in [-0.15, -0.1) is 0 Å². The van der Waals surface area contributed by atoms with E-state index in [1.165, 1.54) is 12.1 Å².